The number of ether oxygens (including phenoxy) is 1. The monoisotopic (exact) mass is 1040 g/mol. The van der Waals surface area contributed by atoms with Crippen molar-refractivity contribution in [3.63, 3.8) is 0 Å². The molecule has 0 aromatic carbocycles. The normalized spacial score (nSPS) is 14.1. The Morgan fingerprint density at radius 3 is 1.33 bits per heavy atom. The fourth-order valence-electron chi connectivity index (χ4n) is 8.63. The van der Waals surface area contributed by atoms with E-state index in [0.29, 0.717) is 17.4 Å². The molecule has 1 amide bonds. The molecule has 0 aliphatic heterocycles. The Labute approximate surface area is 451 Å². The summed E-state index contributed by atoms with van der Waals surface area (Å²) in [7, 11) is 1.18. The number of hydrogen-bond donors (Lipinski definition) is 1. The van der Waals surface area contributed by atoms with Crippen LogP contribution in [0.1, 0.15) is 278 Å². The highest BCUT2D eigenvalue weighted by Crippen LogP contribution is 2.38. The Bertz CT molecular complexity index is 1440. The van der Waals surface area contributed by atoms with Crippen molar-refractivity contribution in [1.29, 1.82) is 0 Å². The maximum atomic E-state index is 13.5. The number of allylic oxidation sites excluding steroid dienone is 9. The van der Waals surface area contributed by atoms with Crippen molar-refractivity contribution in [2.45, 2.75) is 290 Å². The molecule has 9 nitrogen and oxygen atoms in total. The maximum Gasteiger partial charge on any atom is 0.306 e. The second-order valence-electron chi connectivity index (χ2n) is 21.8. The minimum absolute atomic E-state index is 0.0252. The number of esters is 1. The van der Waals surface area contributed by atoms with Crippen LogP contribution in [-0.2, 0) is 27.9 Å². The van der Waals surface area contributed by atoms with Crippen LogP contribution in [0.2, 0.25) is 0 Å². The van der Waals surface area contributed by atoms with Crippen molar-refractivity contribution in [1.82, 2.24) is 5.32 Å². The first-order chi connectivity index (χ1) is 35.4. The molecule has 0 aliphatic carbocycles. The van der Waals surface area contributed by atoms with E-state index in [1.165, 1.54) is 135 Å². The molecule has 0 aromatic heterocycles. The maximum absolute atomic E-state index is 13.5. The summed E-state index contributed by atoms with van der Waals surface area (Å²) in [6.07, 6.45) is 66.1. The van der Waals surface area contributed by atoms with Gasteiger partial charge in [0, 0.05) is 12.8 Å². The quantitative estimate of drug-likeness (QED) is 0.0212. The number of nitrogens with zero attached hydrogens (tertiary/aromatic N) is 1. The molecule has 10 heteroatoms. The molecule has 0 aromatic rings. The van der Waals surface area contributed by atoms with Gasteiger partial charge in [-0.3, -0.25) is 14.2 Å². The highest BCUT2D eigenvalue weighted by Gasteiger charge is 2.27. The molecule has 3 atom stereocenters. The lowest BCUT2D eigenvalue weighted by Crippen LogP contribution is -2.47. The van der Waals surface area contributed by atoms with E-state index in [-0.39, 0.29) is 24.9 Å². The number of rotatable bonds is 55. The van der Waals surface area contributed by atoms with Crippen molar-refractivity contribution < 1.29 is 37.3 Å². The molecule has 0 saturated heterocycles. The Kier molecular flexibility index (Phi) is 51.5. The third kappa shape index (κ3) is 54.3. The van der Waals surface area contributed by atoms with E-state index in [1.807, 2.05) is 33.3 Å². The standard InChI is InChI=1S/C63H117N2O7P/c1-7-10-13-16-19-22-25-27-28-29-30-31-32-33-34-35-36-38-41-43-46-49-52-55-62(66)64-60(59-71-73(68,69)70-58-57-65(4,5)6)61(54-51-48-45-42-40-37-26-23-20-17-14-11-8-2)72-63(67)56-53-50-47-44-39-24-21-18-15-12-9-3/h18-19,21-22,27-28,30-31,51,54,60-61H,7-17,20,23-26,29,32-50,52-53,55-59H2,1-6H3,(H-,64,66,68,69)/b21-18-,22-19-,28-27-,31-30-,54-51+. The van der Waals surface area contributed by atoms with E-state index >= 15 is 0 Å². The molecule has 0 heterocycles. The third-order valence-electron chi connectivity index (χ3n) is 13.4. The van der Waals surface area contributed by atoms with E-state index in [9.17, 15) is 19.0 Å². The summed E-state index contributed by atoms with van der Waals surface area (Å²) < 4.78 is 30.3. The zero-order valence-electron chi connectivity index (χ0n) is 48.6. The predicted octanol–water partition coefficient (Wildman–Crippen LogP) is 18.0. The van der Waals surface area contributed by atoms with Gasteiger partial charge in [0.25, 0.3) is 7.82 Å². The number of unbranched alkanes of at least 4 members (excludes halogenated alkanes) is 31. The lowest BCUT2D eigenvalue weighted by atomic mass is 10.0. The van der Waals surface area contributed by atoms with Gasteiger partial charge in [0.2, 0.25) is 5.91 Å². The van der Waals surface area contributed by atoms with E-state index < -0.39 is 26.6 Å². The Morgan fingerprint density at radius 2 is 0.849 bits per heavy atom. The van der Waals surface area contributed by atoms with Gasteiger partial charge >= 0.3 is 5.97 Å². The first-order valence-electron chi connectivity index (χ1n) is 30.6. The molecular weight excluding hydrogens is 928 g/mol. The molecule has 0 aliphatic rings. The summed E-state index contributed by atoms with van der Waals surface area (Å²) in [4.78, 5) is 39.9. The van der Waals surface area contributed by atoms with Crippen LogP contribution >= 0.6 is 7.82 Å². The SMILES string of the molecule is CCCC/C=C\CCCCCCCC(=O)OC(/C=C/CCCCCCCCCCCCC)C(COP(=O)([O-])OCC[N+](C)(C)C)NC(=O)CCCCCCCCCCCC/C=C\C/C=C\C/C=C\CCCCC. The highest BCUT2D eigenvalue weighted by atomic mass is 31.2. The molecule has 0 rings (SSSR count). The fourth-order valence-corrected chi connectivity index (χ4v) is 9.35. The summed E-state index contributed by atoms with van der Waals surface area (Å²) in [5.41, 5.74) is 0. The van der Waals surface area contributed by atoms with Gasteiger partial charge in [-0.15, -0.1) is 0 Å². The largest absolute Gasteiger partial charge is 0.756 e. The summed E-state index contributed by atoms with van der Waals surface area (Å²) in [5.74, 6) is -0.553. The Hall–Kier alpha value is -2.29. The molecule has 0 saturated carbocycles. The third-order valence-corrected chi connectivity index (χ3v) is 14.4. The van der Waals surface area contributed by atoms with Crippen LogP contribution in [-0.4, -0.2) is 69.4 Å². The van der Waals surface area contributed by atoms with Crippen LogP contribution in [0.15, 0.2) is 60.8 Å². The second-order valence-corrected chi connectivity index (χ2v) is 23.3. The molecule has 1 N–H and O–H groups in total. The number of carbonyl (C=O) groups is 2. The average Bonchev–Trinajstić information content (AvgIpc) is 3.35. The number of phosphoric ester groups is 1. The van der Waals surface area contributed by atoms with Crippen molar-refractivity contribution in [2.24, 2.45) is 0 Å². The second kappa shape index (κ2) is 53.1. The van der Waals surface area contributed by atoms with Gasteiger partial charge in [-0.2, -0.15) is 0 Å². The number of nitrogens with one attached hydrogen (secondary N) is 1. The van der Waals surface area contributed by atoms with E-state index in [1.54, 1.807) is 0 Å². The lowest BCUT2D eigenvalue weighted by molar-refractivity contribution is -0.870. The topological polar surface area (TPSA) is 114 Å². The molecular formula is C63H117N2O7P. The number of carbonyl (C=O) groups excluding carboxylic acids is 2. The van der Waals surface area contributed by atoms with Gasteiger partial charge in [-0.25, -0.2) is 0 Å². The van der Waals surface area contributed by atoms with Gasteiger partial charge in [-0.05, 0) is 89.5 Å². The van der Waals surface area contributed by atoms with Crippen LogP contribution < -0.4 is 10.2 Å². The van der Waals surface area contributed by atoms with Crippen LogP contribution in [0.4, 0.5) is 0 Å². The van der Waals surface area contributed by atoms with E-state index in [0.717, 1.165) is 109 Å². The number of likely N-dealkylation sites (N-methyl/N-ethyl adjacent to an activating group) is 1. The zero-order valence-corrected chi connectivity index (χ0v) is 49.5. The van der Waals surface area contributed by atoms with E-state index in [4.69, 9.17) is 13.8 Å². The lowest BCUT2D eigenvalue weighted by Gasteiger charge is -2.30. The van der Waals surface area contributed by atoms with Gasteiger partial charge < -0.3 is 28.5 Å². The minimum Gasteiger partial charge on any atom is -0.756 e. The van der Waals surface area contributed by atoms with Crippen molar-refractivity contribution >= 4 is 19.7 Å². The number of phosphoric acid groups is 1. The van der Waals surface area contributed by atoms with E-state index in [2.05, 4.69) is 74.7 Å². The predicted molar refractivity (Wildman–Crippen MR) is 312 cm³/mol. The van der Waals surface area contributed by atoms with Crippen LogP contribution in [0.25, 0.3) is 0 Å². The van der Waals surface area contributed by atoms with Crippen molar-refractivity contribution in [3.8, 4) is 0 Å². The molecule has 0 radical (unpaired) electrons. The number of quaternary nitrogens is 1. The molecule has 3 unspecified atom stereocenters. The molecule has 0 bridgehead atoms. The molecule has 0 fully saturated rings. The first kappa shape index (κ1) is 70.7. The molecule has 73 heavy (non-hydrogen) atoms. The average molecular weight is 1050 g/mol. The summed E-state index contributed by atoms with van der Waals surface area (Å²) in [6.45, 7) is 6.78. The summed E-state index contributed by atoms with van der Waals surface area (Å²) >= 11 is 0. The smallest absolute Gasteiger partial charge is 0.306 e. The van der Waals surface area contributed by atoms with Crippen molar-refractivity contribution in [3.05, 3.63) is 60.8 Å². The minimum atomic E-state index is -4.70. The highest BCUT2D eigenvalue weighted by molar-refractivity contribution is 7.45. The zero-order chi connectivity index (χ0) is 53.6. The molecule has 0 spiro atoms. The van der Waals surface area contributed by atoms with Gasteiger partial charge in [-0.1, -0.05) is 236 Å². The number of amides is 1. The summed E-state index contributed by atoms with van der Waals surface area (Å²) in [6, 6.07) is -0.893. The summed E-state index contributed by atoms with van der Waals surface area (Å²) in [5, 5.41) is 3.02. The Morgan fingerprint density at radius 1 is 0.479 bits per heavy atom. The van der Waals surface area contributed by atoms with Crippen LogP contribution in [0.5, 0.6) is 0 Å². The van der Waals surface area contributed by atoms with Crippen LogP contribution in [0, 0.1) is 0 Å². The molecule has 426 valence electrons. The van der Waals surface area contributed by atoms with Gasteiger partial charge in [0.05, 0.1) is 33.8 Å². The van der Waals surface area contributed by atoms with Crippen molar-refractivity contribution in [2.75, 3.05) is 40.9 Å². The number of hydrogen-bond acceptors (Lipinski definition) is 7. The Balaban J connectivity index is 5.18. The van der Waals surface area contributed by atoms with Gasteiger partial charge in [0.1, 0.15) is 19.3 Å². The first-order valence-corrected chi connectivity index (χ1v) is 32.1. The van der Waals surface area contributed by atoms with Crippen LogP contribution in [0.3, 0.4) is 0 Å². The fraction of sp³-hybridized carbons (Fsp3) is 0.810. The van der Waals surface area contributed by atoms with Gasteiger partial charge in [0.15, 0.2) is 0 Å².